The van der Waals surface area contributed by atoms with Gasteiger partial charge in [-0.3, -0.25) is 0 Å². The van der Waals surface area contributed by atoms with Gasteiger partial charge in [0.25, 0.3) is 0 Å². The number of benzene rings is 2. The highest BCUT2D eigenvalue weighted by molar-refractivity contribution is 7.90. The van der Waals surface area contributed by atoms with Crippen molar-refractivity contribution in [2.45, 2.75) is 56.8 Å². The molecule has 0 bridgehead atoms. The summed E-state index contributed by atoms with van der Waals surface area (Å²) in [5.74, 6) is 0.892. The summed E-state index contributed by atoms with van der Waals surface area (Å²) in [5.41, 5.74) is 2.37. The number of hydrogen-bond donors (Lipinski definition) is 1. The van der Waals surface area contributed by atoms with Crippen molar-refractivity contribution in [2.24, 2.45) is 5.92 Å². The molecular weight excluding hydrogens is 520 g/mol. The Hall–Kier alpha value is -2.95. The number of nitrogens with zero attached hydrogens (tertiary/aromatic N) is 3. The van der Waals surface area contributed by atoms with Crippen LogP contribution in [0.1, 0.15) is 37.9 Å². The zero-order valence-electron chi connectivity index (χ0n) is 22.2. The van der Waals surface area contributed by atoms with Crippen molar-refractivity contribution in [1.29, 1.82) is 0 Å². The first kappa shape index (κ1) is 28.1. The molecule has 1 aliphatic rings. The third kappa shape index (κ3) is 7.33. The number of imidazole rings is 1. The molecule has 2 heterocycles. The summed E-state index contributed by atoms with van der Waals surface area (Å²) in [6.07, 6.45) is 3.71. The molecule has 0 spiro atoms. The summed E-state index contributed by atoms with van der Waals surface area (Å²) >= 11 is 5.83. The Morgan fingerprint density at radius 1 is 1.21 bits per heavy atom. The van der Waals surface area contributed by atoms with Crippen molar-refractivity contribution < 1.29 is 17.9 Å². The van der Waals surface area contributed by atoms with Crippen LogP contribution in [0.25, 0.3) is 0 Å². The minimum absolute atomic E-state index is 0.0633. The Bertz CT molecular complexity index is 1300. The summed E-state index contributed by atoms with van der Waals surface area (Å²) in [7, 11) is -2.02. The summed E-state index contributed by atoms with van der Waals surface area (Å²) in [4.78, 5) is 6.46. The molecule has 0 aliphatic carbocycles. The number of nitrogens with one attached hydrogen (secondary N) is 1. The molecule has 1 fully saturated rings. The molecule has 10 heteroatoms. The van der Waals surface area contributed by atoms with Gasteiger partial charge in [0.15, 0.2) is 5.11 Å². The lowest BCUT2D eigenvalue weighted by atomic mass is 10.2. The first-order chi connectivity index (χ1) is 18.2. The van der Waals surface area contributed by atoms with Gasteiger partial charge in [-0.15, -0.1) is 0 Å². The Balaban J connectivity index is 1.60. The van der Waals surface area contributed by atoms with E-state index in [1.165, 1.54) is 0 Å². The van der Waals surface area contributed by atoms with E-state index in [1.54, 1.807) is 13.3 Å². The molecule has 0 radical (unpaired) electrons. The molecule has 1 saturated heterocycles. The molecule has 4 rings (SSSR count). The van der Waals surface area contributed by atoms with E-state index in [1.807, 2.05) is 64.1 Å². The molecule has 1 aliphatic heterocycles. The fourth-order valence-corrected chi connectivity index (χ4v) is 6.27. The van der Waals surface area contributed by atoms with Crippen molar-refractivity contribution in [3.63, 3.8) is 0 Å². The summed E-state index contributed by atoms with van der Waals surface area (Å²) in [6.45, 7) is 6.41. The van der Waals surface area contributed by atoms with Crippen LogP contribution in [0.3, 0.4) is 0 Å². The number of anilines is 1. The summed E-state index contributed by atoms with van der Waals surface area (Å²) in [5, 5.41) is 3.95. The van der Waals surface area contributed by atoms with Crippen molar-refractivity contribution >= 4 is 32.9 Å². The van der Waals surface area contributed by atoms with E-state index >= 15 is 0 Å². The molecule has 1 aromatic heterocycles. The number of rotatable bonds is 11. The van der Waals surface area contributed by atoms with Gasteiger partial charge in [0.2, 0.25) is 15.0 Å². The van der Waals surface area contributed by atoms with Crippen molar-refractivity contribution in [3.05, 3.63) is 72.1 Å². The van der Waals surface area contributed by atoms with E-state index in [9.17, 15) is 8.42 Å². The normalized spacial score (nSPS) is 15.5. The molecule has 0 amide bonds. The second-order valence-corrected chi connectivity index (χ2v) is 12.2. The zero-order valence-corrected chi connectivity index (χ0v) is 23.8. The van der Waals surface area contributed by atoms with Crippen molar-refractivity contribution in [2.75, 3.05) is 25.6 Å². The van der Waals surface area contributed by atoms with Crippen molar-refractivity contribution in [3.8, 4) is 5.75 Å². The van der Waals surface area contributed by atoms with E-state index in [2.05, 4.69) is 24.1 Å². The number of sulfone groups is 1. The largest absolute Gasteiger partial charge is 0.497 e. The number of ether oxygens (including phenoxy) is 2. The van der Waals surface area contributed by atoms with E-state index < -0.39 is 9.84 Å². The van der Waals surface area contributed by atoms with Gasteiger partial charge >= 0.3 is 0 Å². The van der Waals surface area contributed by atoms with Gasteiger partial charge in [-0.05, 0) is 60.8 Å². The Labute approximate surface area is 230 Å². The molecule has 1 N–H and O–H groups in total. The lowest BCUT2D eigenvalue weighted by Crippen LogP contribution is -2.40. The minimum Gasteiger partial charge on any atom is -0.497 e. The zero-order chi connectivity index (χ0) is 27.1. The van der Waals surface area contributed by atoms with Crippen LogP contribution < -0.4 is 10.1 Å². The molecular formula is C28H36N4O4S2. The molecule has 3 aromatic rings. The molecule has 8 nitrogen and oxygen atoms in total. The molecule has 38 heavy (non-hydrogen) atoms. The van der Waals surface area contributed by atoms with E-state index in [-0.39, 0.29) is 22.9 Å². The monoisotopic (exact) mass is 556 g/mol. The van der Waals surface area contributed by atoms with Crippen molar-refractivity contribution in [1.82, 2.24) is 14.5 Å². The van der Waals surface area contributed by atoms with Crippen LogP contribution in [-0.2, 0) is 33.4 Å². The number of thiocarbonyl (C=S) groups is 1. The van der Waals surface area contributed by atoms with Gasteiger partial charge < -0.3 is 24.3 Å². The van der Waals surface area contributed by atoms with Gasteiger partial charge in [0.1, 0.15) is 5.75 Å². The third-order valence-corrected chi connectivity index (χ3v) is 8.31. The highest BCUT2D eigenvalue weighted by Gasteiger charge is 2.27. The smallest absolute Gasteiger partial charge is 0.228 e. The maximum atomic E-state index is 13.4. The molecule has 204 valence electrons. The van der Waals surface area contributed by atoms with Crippen LogP contribution in [0.15, 0.2) is 66.0 Å². The standard InChI is InChI=1S/C28H36N4O4S2/c1-21(2)17-32-24(16-29-28(32)38(33,34)20-22-8-5-4-6-9-22)18-31(19-26-10-7-15-36-26)27(37)30-23-11-13-25(35-3)14-12-23/h4-6,8-9,11-14,16,21,26H,7,10,15,17-20H2,1-3H3,(H,30,37). The minimum atomic E-state index is -3.65. The summed E-state index contributed by atoms with van der Waals surface area (Å²) < 4.78 is 39.9. The van der Waals surface area contributed by atoms with Crippen LogP contribution >= 0.6 is 12.2 Å². The maximum Gasteiger partial charge on any atom is 0.228 e. The predicted octanol–water partition coefficient (Wildman–Crippen LogP) is 4.90. The van der Waals surface area contributed by atoms with Crippen LogP contribution in [-0.4, -0.2) is 54.3 Å². The van der Waals surface area contributed by atoms with Crippen LogP contribution in [0, 0.1) is 5.92 Å². The second kappa shape index (κ2) is 12.7. The first-order valence-corrected chi connectivity index (χ1v) is 14.9. The van der Waals surface area contributed by atoms with Crippen LogP contribution in [0.2, 0.25) is 0 Å². The Kier molecular flexibility index (Phi) is 9.40. The average Bonchev–Trinajstić information content (AvgIpc) is 3.54. The average molecular weight is 557 g/mol. The SMILES string of the molecule is COc1ccc(NC(=S)N(Cc2cnc(S(=O)(=O)Cc3ccccc3)n2CC(C)C)CC2CCCO2)cc1. The van der Waals surface area contributed by atoms with Gasteiger partial charge in [-0.25, -0.2) is 13.4 Å². The number of hydrogen-bond acceptors (Lipinski definition) is 6. The van der Waals surface area contributed by atoms with E-state index in [0.29, 0.717) is 24.7 Å². The molecule has 2 aromatic carbocycles. The van der Waals surface area contributed by atoms with Gasteiger partial charge in [0.05, 0.1) is 37.4 Å². The number of aromatic nitrogens is 2. The molecule has 0 saturated carbocycles. The molecule has 1 atom stereocenters. The van der Waals surface area contributed by atoms with Gasteiger partial charge in [0, 0.05) is 25.4 Å². The fraction of sp³-hybridized carbons (Fsp3) is 0.429. The topological polar surface area (TPSA) is 85.7 Å². The van der Waals surface area contributed by atoms with E-state index in [4.69, 9.17) is 21.7 Å². The van der Waals surface area contributed by atoms with Gasteiger partial charge in [-0.2, -0.15) is 0 Å². The van der Waals surface area contributed by atoms with Crippen LogP contribution in [0.4, 0.5) is 5.69 Å². The highest BCUT2D eigenvalue weighted by atomic mass is 32.2. The Morgan fingerprint density at radius 3 is 2.58 bits per heavy atom. The maximum absolute atomic E-state index is 13.4. The summed E-state index contributed by atoms with van der Waals surface area (Å²) in [6, 6.07) is 16.8. The quantitative estimate of drug-likeness (QED) is 0.334. The third-order valence-electron chi connectivity index (χ3n) is 6.36. The highest BCUT2D eigenvalue weighted by Crippen LogP contribution is 2.23. The first-order valence-electron chi connectivity index (χ1n) is 12.9. The fourth-order valence-electron chi connectivity index (χ4n) is 4.51. The van der Waals surface area contributed by atoms with E-state index in [0.717, 1.165) is 42.1 Å². The van der Waals surface area contributed by atoms with Crippen LogP contribution in [0.5, 0.6) is 5.75 Å². The second-order valence-electron chi connectivity index (χ2n) is 9.96. The lowest BCUT2D eigenvalue weighted by Gasteiger charge is -2.29. The lowest BCUT2D eigenvalue weighted by molar-refractivity contribution is 0.0900. The molecule has 1 unspecified atom stereocenters. The predicted molar refractivity (Wildman–Crippen MR) is 153 cm³/mol. The van der Waals surface area contributed by atoms with Gasteiger partial charge in [-0.1, -0.05) is 44.2 Å². The Morgan fingerprint density at radius 2 is 1.95 bits per heavy atom. The number of methoxy groups -OCH3 is 1.